The number of hydrogen-bond acceptors (Lipinski definition) is 2. The number of carbonyl (C=O) groups is 1. The van der Waals surface area contributed by atoms with Crippen LogP contribution >= 0.6 is 0 Å². The maximum absolute atomic E-state index is 10.2. The van der Waals surface area contributed by atoms with E-state index in [4.69, 9.17) is 5.11 Å². The molecule has 0 aliphatic carbocycles. The van der Waals surface area contributed by atoms with Gasteiger partial charge in [-0.1, -0.05) is 95.1 Å². The average Bonchev–Trinajstić information content (AvgIpc) is 2.58. The Labute approximate surface area is 154 Å². The number of aliphatic hydroxyl groups excluding tert-OH is 1. The van der Waals surface area contributed by atoms with E-state index in [0.717, 1.165) is 31.8 Å². The molecule has 0 fully saturated rings. The molecule has 3 nitrogen and oxygen atoms in total. The Morgan fingerprint density at radius 1 is 0.800 bits per heavy atom. The van der Waals surface area contributed by atoms with Crippen molar-refractivity contribution in [3.8, 4) is 0 Å². The van der Waals surface area contributed by atoms with Crippen molar-refractivity contribution in [3.05, 3.63) is 36.5 Å². The van der Waals surface area contributed by atoms with Gasteiger partial charge in [0.1, 0.15) is 0 Å². The van der Waals surface area contributed by atoms with E-state index in [-0.39, 0.29) is 6.10 Å². The second-order valence-electron chi connectivity index (χ2n) is 6.71. The maximum Gasteiger partial charge on any atom is 0.328 e. The van der Waals surface area contributed by atoms with Crippen molar-refractivity contribution < 1.29 is 15.0 Å². The van der Waals surface area contributed by atoms with Gasteiger partial charge in [0.25, 0.3) is 0 Å². The van der Waals surface area contributed by atoms with E-state index < -0.39 is 5.97 Å². The molecule has 0 spiro atoms. The molecule has 0 amide bonds. The Morgan fingerprint density at radius 2 is 1.36 bits per heavy atom. The third kappa shape index (κ3) is 20.6. The first-order chi connectivity index (χ1) is 12.2. The second-order valence-corrected chi connectivity index (χ2v) is 6.71. The molecule has 1 unspecified atom stereocenters. The largest absolute Gasteiger partial charge is 0.478 e. The van der Waals surface area contributed by atoms with Crippen LogP contribution < -0.4 is 0 Å². The first-order valence-corrected chi connectivity index (χ1v) is 10.1. The van der Waals surface area contributed by atoms with Gasteiger partial charge in [0.2, 0.25) is 0 Å². The number of carboxylic acid groups (broad SMARTS) is 1. The maximum atomic E-state index is 10.2. The van der Waals surface area contributed by atoms with Crippen molar-refractivity contribution >= 4 is 5.97 Å². The van der Waals surface area contributed by atoms with Gasteiger partial charge in [-0.25, -0.2) is 4.79 Å². The zero-order valence-electron chi connectivity index (χ0n) is 16.0. The van der Waals surface area contributed by atoms with Crippen LogP contribution in [0, 0.1) is 0 Å². The van der Waals surface area contributed by atoms with Crippen LogP contribution in [0.25, 0.3) is 0 Å². The normalized spacial score (nSPS) is 13.4. The Bertz CT molecular complexity index is 383. The van der Waals surface area contributed by atoms with E-state index in [9.17, 15) is 9.90 Å². The zero-order valence-corrected chi connectivity index (χ0v) is 16.0. The number of allylic oxidation sites excluding steroid dienone is 5. The van der Waals surface area contributed by atoms with E-state index in [0.29, 0.717) is 0 Å². The molecule has 25 heavy (non-hydrogen) atoms. The molecular formula is C22H38O3. The smallest absolute Gasteiger partial charge is 0.328 e. The molecule has 0 aromatic rings. The van der Waals surface area contributed by atoms with Gasteiger partial charge in [0.15, 0.2) is 0 Å². The van der Waals surface area contributed by atoms with Crippen molar-refractivity contribution in [1.82, 2.24) is 0 Å². The van der Waals surface area contributed by atoms with Gasteiger partial charge in [-0.15, -0.1) is 0 Å². The van der Waals surface area contributed by atoms with Gasteiger partial charge >= 0.3 is 5.97 Å². The van der Waals surface area contributed by atoms with Gasteiger partial charge in [-0.3, -0.25) is 0 Å². The highest BCUT2D eigenvalue weighted by molar-refractivity contribution is 5.80. The van der Waals surface area contributed by atoms with E-state index in [1.54, 1.807) is 6.08 Å². The first-order valence-electron chi connectivity index (χ1n) is 10.1. The molecule has 1 atom stereocenters. The lowest BCUT2D eigenvalue weighted by Gasteiger charge is -2.10. The van der Waals surface area contributed by atoms with Crippen LogP contribution in [0.1, 0.15) is 90.4 Å². The second kappa shape index (κ2) is 19.0. The summed E-state index contributed by atoms with van der Waals surface area (Å²) in [7, 11) is 0. The third-order valence-corrected chi connectivity index (χ3v) is 4.26. The molecular weight excluding hydrogens is 312 g/mol. The number of unbranched alkanes of at least 4 members (excludes halogenated alkanes) is 9. The van der Waals surface area contributed by atoms with E-state index in [1.165, 1.54) is 63.9 Å². The molecule has 0 aliphatic rings. The minimum Gasteiger partial charge on any atom is -0.478 e. The summed E-state index contributed by atoms with van der Waals surface area (Å²) in [6.45, 7) is 2.23. The summed E-state index contributed by atoms with van der Waals surface area (Å²) in [5.41, 5.74) is 0. The summed E-state index contributed by atoms with van der Waals surface area (Å²) in [5, 5.41) is 18.4. The topological polar surface area (TPSA) is 57.5 Å². The zero-order chi connectivity index (χ0) is 18.6. The molecule has 0 heterocycles. The monoisotopic (exact) mass is 350 g/mol. The highest BCUT2D eigenvalue weighted by Gasteiger charge is 2.03. The molecule has 0 bridgehead atoms. The van der Waals surface area contributed by atoms with Gasteiger partial charge < -0.3 is 10.2 Å². The lowest BCUT2D eigenvalue weighted by Crippen LogP contribution is -2.05. The number of hydrogen-bond donors (Lipinski definition) is 2. The SMILES string of the molecule is CCCCCCCC(O)CCCCCCCC=CC=CC=CC(=O)O. The minimum absolute atomic E-state index is 0.0912. The predicted molar refractivity (Wildman–Crippen MR) is 107 cm³/mol. The van der Waals surface area contributed by atoms with Crippen LogP contribution in [0.3, 0.4) is 0 Å². The third-order valence-electron chi connectivity index (χ3n) is 4.26. The van der Waals surface area contributed by atoms with Crippen molar-refractivity contribution in [1.29, 1.82) is 0 Å². The summed E-state index contributed by atoms with van der Waals surface area (Å²) < 4.78 is 0. The lowest BCUT2D eigenvalue weighted by atomic mass is 10.0. The Morgan fingerprint density at radius 3 is 2.00 bits per heavy atom. The summed E-state index contributed by atoms with van der Waals surface area (Å²) in [6, 6.07) is 0. The highest BCUT2D eigenvalue weighted by Crippen LogP contribution is 2.13. The fourth-order valence-electron chi connectivity index (χ4n) is 2.74. The molecule has 0 radical (unpaired) electrons. The van der Waals surface area contributed by atoms with Gasteiger partial charge in [0.05, 0.1) is 6.10 Å². The van der Waals surface area contributed by atoms with Crippen LogP contribution in [0.15, 0.2) is 36.5 Å². The number of carboxylic acids is 1. The minimum atomic E-state index is -0.923. The first kappa shape index (κ1) is 23.6. The quantitative estimate of drug-likeness (QED) is 0.187. The van der Waals surface area contributed by atoms with Crippen LogP contribution in [0.4, 0.5) is 0 Å². The molecule has 2 N–H and O–H groups in total. The van der Waals surface area contributed by atoms with Crippen molar-refractivity contribution in [2.75, 3.05) is 0 Å². The highest BCUT2D eigenvalue weighted by atomic mass is 16.4. The summed E-state index contributed by atoms with van der Waals surface area (Å²) >= 11 is 0. The van der Waals surface area contributed by atoms with Crippen LogP contribution in [0.5, 0.6) is 0 Å². The van der Waals surface area contributed by atoms with Crippen molar-refractivity contribution in [3.63, 3.8) is 0 Å². The molecule has 144 valence electrons. The Kier molecular flexibility index (Phi) is 18.0. The molecule has 0 saturated carbocycles. The van der Waals surface area contributed by atoms with Gasteiger partial charge in [-0.2, -0.15) is 0 Å². The van der Waals surface area contributed by atoms with Crippen molar-refractivity contribution in [2.45, 2.75) is 96.5 Å². The Hall–Kier alpha value is -1.35. The number of aliphatic carboxylic acids is 1. The average molecular weight is 351 g/mol. The molecule has 3 heteroatoms. The summed E-state index contributed by atoms with van der Waals surface area (Å²) in [6.07, 6.45) is 25.6. The van der Waals surface area contributed by atoms with Crippen LogP contribution in [0.2, 0.25) is 0 Å². The van der Waals surface area contributed by atoms with Crippen LogP contribution in [-0.4, -0.2) is 22.3 Å². The standard InChI is InChI=1S/C22H38O3/c1-2-3-4-12-15-18-21(23)19-16-13-10-8-6-5-7-9-11-14-17-20-22(24)25/h7,9,11,14,17,20-21,23H,2-6,8,10,12-13,15-16,18-19H2,1H3,(H,24,25). The summed E-state index contributed by atoms with van der Waals surface area (Å²) in [4.78, 5) is 10.2. The van der Waals surface area contributed by atoms with Crippen molar-refractivity contribution in [2.24, 2.45) is 0 Å². The molecule has 0 aromatic carbocycles. The number of aliphatic hydroxyl groups is 1. The number of rotatable bonds is 17. The lowest BCUT2D eigenvalue weighted by molar-refractivity contribution is -0.131. The fourth-order valence-corrected chi connectivity index (χ4v) is 2.74. The van der Waals surface area contributed by atoms with E-state index >= 15 is 0 Å². The van der Waals surface area contributed by atoms with E-state index in [1.807, 2.05) is 12.2 Å². The van der Waals surface area contributed by atoms with Gasteiger partial charge in [-0.05, 0) is 25.7 Å². The molecule has 0 aromatic heterocycles. The predicted octanol–water partition coefficient (Wildman–Crippen LogP) is 6.19. The molecule has 0 aliphatic heterocycles. The summed E-state index contributed by atoms with van der Waals surface area (Å²) in [5.74, 6) is -0.923. The van der Waals surface area contributed by atoms with Crippen LogP contribution in [-0.2, 0) is 4.79 Å². The Balaban J connectivity index is 3.34. The molecule has 0 saturated heterocycles. The molecule has 0 rings (SSSR count). The van der Waals surface area contributed by atoms with Gasteiger partial charge in [0, 0.05) is 6.08 Å². The van der Waals surface area contributed by atoms with E-state index in [2.05, 4.69) is 13.0 Å². The fraction of sp³-hybridized carbons (Fsp3) is 0.682.